The molecule has 3 aromatic rings. The fourth-order valence-electron chi connectivity index (χ4n) is 2.81. The highest BCUT2D eigenvalue weighted by Gasteiger charge is 2.12. The molecule has 1 heterocycles. The van der Waals surface area contributed by atoms with E-state index in [2.05, 4.69) is 35.3 Å². The van der Waals surface area contributed by atoms with Crippen LogP contribution in [0.4, 0.5) is 0 Å². The van der Waals surface area contributed by atoms with Crippen molar-refractivity contribution < 1.29 is 0 Å². The molecule has 0 radical (unpaired) electrons. The zero-order chi connectivity index (χ0) is 13.5. The fourth-order valence-corrected chi connectivity index (χ4v) is 2.81. The van der Waals surface area contributed by atoms with Gasteiger partial charge < -0.3 is 5.84 Å². The van der Waals surface area contributed by atoms with Gasteiger partial charge in [-0.1, -0.05) is 36.4 Å². The molecular weight excluding hydrogens is 246 g/mol. The van der Waals surface area contributed by atoms with Crippen molar-refractivity contribution in [3.8, 4) is 11.4 Å². The first kappa shape index (κ1) is 11.3. The number of hydrogen-bond donors (Lipinski definition) is 1. The van der Waals surface area contributed by atoms with Crippen LogP contribution in [0.2, 0.25) is 0 Å². The molecule has 1 aliphatic rings. The summed E-state index contributed by atoms with van der Waals surface area (Å²) in [5, 5.41) is 0. The number of allylic oxidation sites excluding steroid dienone is 1. The van der Waals surface area contributed by atoms with Gasteiger partial charge in [0, 0.05) is 5.56 Å². The van der Waals surface area contributed by atoms with Crippen molar-refractivity contribution in [2.45, 2.75) is 12.8 Å². The fraction of sp³-hybridized carbons (Fsp3) is 0.118. The highest BCUT2D eigenvalue weighted by Crippen LogP contribution is 2.27. The molecule has 0 saturated carbocycles. The molecule has 1 aromatic heterocycles. The van der Waals surface area contributed by atoms with Gasteiger partial charge in [0.1, 0.15) is 0 Å². The summed E-state index contributed by atoms with van der Waals surface area (Å²) in [5.74, 6) is 7.00. The van der Waals surface area contributed by atoms with Gasteiger partial charge in [-0.25, -0.2) is 9.66 Å². The number of benzene rings is 2. The van der Waals surface area contributed by atoms with Crippen LogP contribution in [0, 0.1) is 0 Å². The van der Waals surface area contributed by atoms with Crippen LogP contribution in [0.5, 0.6) is 0 Å². The van der Waals surface area contributed by atoms with E-state index in [-0.39, 0.29) is 0 Å². The molecule has 0 fully saturated rings. The zero-order valence-corrected chi connectivity index (χ0v) is 11.1. The quantitative estimate of drug-likeness (QED) is 0.682. The van der Waals surface area contributed by atoms with Crippen LogP contribution in [0.25, 0.3) is 28.5 Å². The number of nitrogens with zero attached hydrogens (tertiary/aromatic N) is 2. The molecule has 2 N–H and O–H groups in total. The number of nitrogens with two attached hydrogens (primary N) is 1. The van der Waals surface area contributed by atoms with Gasteiger partial charge in [-0.2, -0.15) is 0 Å². The Labute approximate surface area is 117 Å². The van der Waals surface area contributed by atoms with Gasteiger partial charge in [0.25, 0.3) is 0 Å². The van der Waals surface area contributed by atoms with Crippen LogP contribution in [0.3, 0.4) is 0 Å². The van der Waals surface area contributed by atoms with Crippen molar-refractivity contribution in [1.82, 2.24) is 9.66 Å². The van der Waals surface area contributed by atoms with E-state index in [1.165, 1.54) is 11.1 Å². The first-order chi connectivity index (χ1) is 9.83. The number of aryl methyl sites for hydroxylation is 1. The largest absolute Gasteiger partial charge is 0.337 e. The average molecular weight is 261 g/mol. The zero-order valence-electron chi connectivity index (χ0n) is 11.1. The second kappa shape index (κ2) is 4.23. The SMILES string of the molecule is Nn1c(-c2ccc3c(c2)C=CCC3)nc2ccccc21. The molecule has 98 valence electrons. The van der Waals surface area contributed by atoms with E-state index in [9.17, 15) is 0 Å². The molecule has 1 aliphatic carbocycles. The molecule has 2 aromatic carbocycles. The maximum Gasteiger partial charge on any atom is 0.159 e. The lowest BCUT2D eigenvalue weighted by Gasteiger charge is -2.11. The molecule has 3 heteroatoms. The van der Waals surface area contributed by atoms with Gasteiger partial charge in [0.15, 0.2) is 5.82 Å². The van der Waals surface area contributed by atoms with Crippen LogP contribution in [0.1, 0.15) is 17.5 Å². The molecule has 3 nitrogen and oxygen atoms in total. The molecule has 0 saturated heterocycles. The van der Waals surface area contributed by atoms with Gasteiger partial charge in [0.2, 0.25) is 0 Å². The van der Waals surface area contributed by atoms with Crippen molar-refractivity contribution in [3.63, 3.8) is 0 Å². The second-order valence-electron chi connectivity index (χ2n) is 5.15. The lowest BCUT2D eigenvalue weighted by molar-refractivity contribution is 0.984. The van der Waals surface area contributed by atoms with E-state index in [4.69, 9.17) is 5.84 Å². The Balaban J connectivity index is 1.91. The molecule has 0 amide bonds. The number of hydrogen-bond acceptors (Lipinski definition) is 2. The van der Waals surface area contributed by atoms with E-state index >= 15 is 0 Å². The van der Waals surface area contributed by atoms with Crippen LogP contribution >= 0.6 is 0 Å². The Kier molecular flexibility index (Phi) is 2.39. The Hall–Kier alpha value is -2.55. The van der Waals surface area contributed by atoms with E-state index < -0.39 is 0 Å². The molecule has 20 heavy (non-hydrogen) atoms. The van der Waals surface area contributed by atoms with E-state index in [1.54, 1.807) is 4.68 Å². The minimum atomic E-state index is 0.813. The number of fused-ring (bicyclic) bond motifs is 2. The monoisotopic (exact) mass is 261 g/mol. The summed E-state index contributed by atoms with van der Waals surface area (Å²) < 4.78 is 1.67. The summed E-state index contributed by atoms with van der Waals surface area (Å²) in [6, 6.07) is 14.4. The highest BCUT2D eigenvalue weighted by atomic mass is 15.3. The maximum atomic E-state index is 6.18. The standard InChI is InChI=1S/C17H15N3/c18-20-16-8-4-3-7-15(16)19-17(20)14-10-9-12-5-1-2-6-13(12)11-14/h2-4,6-11H,1,5,18H2. The predicted molar refractivity (Wildman–Crippen MR) is 82.7 cm³/mol. The van der Waals surface area contributed by atoms with Gasteiger partial charge in [-0.05, 0) is 42.2 Å². The number of imidazole rings is 1. The number of rotatable bonds is 1. The van der Waals surface area contributed by atoms with Gasteiger partial charge in [-0.15, -0.1) is 0 Å². The molecule has 0 aliphatic heterocycles. The summed E-state index contributed by atoms with van der Waals surface area (Å²) in [4.78, 5) is 4.65. The Bertz CT molecular complexity index is 827. The first-order valence-electron chi connectivity index (χ1n) is 6.85. The summed E-state index contributed by atoms with van der Waals surface area (Å²) in [6.07, 6.45) is 6.65. The van der Waals surface area contributed by atoms with Gasteiger partial charge >= 0.3 is 0 Å². The molecule has 0 bridgehead atoms. The molecule has 4 rings (SSSR count). The molecule has 0 atom stereocenters. The van der Waals surface area contributed by atoms with Crippen molar-refractivity contribution in [2.24, 2.45) is 0 Å². The van der Waals surface area contributed by atoms with Crippen molar-refractivity contribution in [2.75, 3.05) is 5.84 Å². The summed E-state index contributed by atoms with van der Waals surface area (Å²) >= 11 is 0. The van der Waals surface area contributed by atoms with Gasteiger partial charge in [-0.3, -0.25) is 0 Å². The van der Waals surface area contributed by atoms with E-state index in [0.29, 0.717) is 0 Å². The Morgan fingerprint density at radius 2 is 2.00 bits per heavy atom. The van der Waals surface area contributed by atoms with Crippen molar-refractivity contribution >= 4 is 17.1 Å². The normalized spacial score (nSPS) is 13.6. The number of para-hydroxylation sites is 2. The van der Waals surface area contributed by atoms with Crippen LogP contribution in [0.15, 0.2) is 48.5 Å². The lowest BCUT2D eigenvalue weighted by atomic mass is 9.95. The predicted octanol–water partition coefficient (Wildman–Crippen LogP) is 3.38. The maximum absolute atomic E-state index is 6.18. The Morgan fingerprint density at radius 1 is 1.10 bits per heavy atom. The average Bonchev–Trinajstić information content (AvgIpc) is 2.84. The summed E-state index contributed by atoms with van der Waals surface area (Å²) in [7, 11) is 0. The molecule has 0 spiro atoms. The Morgan fingerprint density at radius 3 is 2.90 bits per heavy atom. The highest BCUT2D eigenvalue weighted by molar-refractivity contribution is 5.81. The first-order valence-corrected chi connectivity index (χ1v) is 6.85. The van der Waals surface area contributed by atoms with E-state index in [0.717, 1.165) is 35.3 Å². The molecule has 0 unspecified atom stereocenters. The van der Waals surface area contributed by atoms with Gasteiger partial charge in [0.05, 0.1) is 11.0 Å². The smallest absolute Gasteiger partial charge is 0.159 e. The van der Waals surface area contributed by atoms with E-state index in [1.807, 2.05) is 24.3 Å². The lowest BCUT2D eigenvalue weighted by Crippen LogP contribution is -2.09. The van der Waals surface area contributed by atoms with Crippen LogP contribution in [-0.2, 0) is 6.42 Å². The van der Waals surface area contributed by atoms with Crippen molar-refractivity contribution in [3.05, 3.63) is 59.7 Å². The van der Waals surface area contributed by atoms with Crippen LogP contribution < -0.4 is 5.84 Å². The minimum absolute atomic E-state index is 0.813. The third-order valence-electron chi connectivity index (χ3n) is 3.88. The third-order valence-corrected chi connectivity index (χ3v) is 3.88. The molecular formula is C17H15N3. The summed E-state index contributed by atoms with van der Waals surface area (Å²) in [5.41, 5.74) is 5.62. The number of nitrogen functional groups attached to an aromatic ring is 1. The summed E-state index contributed by atoms with van der Waals surface area (Å²) in [6.45, 7) is 0. The number of aromatic nitrogens is 2. The minimum Gasteiger partial charge on any atom is -0.337 e. The van der Waals surface area contributed by atoms with Crippen molar-refractivity contribution in [1.29, 1.82) is 0 Å². The third kappa shape index (κ3) is 1.63. The van der Waals surface area contributed by atoms with Crippen LogP contribution in [-0.4, -0.2) is 9.66 Å². The topological polar surface area (TPSA) is 43.8 Å². The second-order valence-corrected chi connectivity index (χ2v) is 5.15.